The molecule has 2 aliphatic heterocycles. The lowest BCUT2D eigenvalue weighted by Gasteiger charge is -2.35. The van der Waals surface area contributed by atoms with Crippen molar-refractivity contribution in [1.29, 1.82) is 0 Å². The fourth-order valence-corrected chi connectivity index (χ4v) is 3.89. The second kappa shape index (κ2) is 8.00. The SMILES string of the molecule is CC(C)(C)c1ccc(=O)n(CC2CCN(CC3CCCOC3)CC2)n1. The summed E-state index contributed by atoms with van der Waals surface area (Å²) in [4.78, 5) is 14.8. The van der Waals surface area contributed by atoms with Gasteiger partial charge in [0.2, 0.25) is 0 Å². The van der Waals surface area contributed by atoms with Crippen molar-refractivity contribution in [3.05, 3.63) is 28.2 Å². The zero-order chi connectivity index (χ0) is 17.9. The molecule has 0 aromatic carbocycles. The average Bonchev–Trinajstić information content (AvgIpc) is 2.58. The number of aromatic nitrogens is 2. The lowest BCUT2D eigenvalue weighted by Crippen LogP contribution is -2.40. The molecule has 1 unspecified atom stereocenters. The number of nitrogens with zero attached hydrogens (tertiary/aromatic N) is 3. The van der Waals surface area contributed by atoms with Crippen molar-refractivity contribution in [2.24, 2.45) is 11.8 Å². The summed E-state index contributed by atoms with van der Waals surface area (Å²) in [7, 11) is 0. The minimum Gasteiger partial charge on any atom is -0.381 e. The predicted molar refractivity (Wildman–Crippen MR) is 99.9 cm³/mol. The van der Waals surface area contributed by atoms with E-state index in [-0.39, 0.29) is 11.0 Å². The quantitative estimate of drug-likeness (QED) is 0.840. The van der Waals surface area contributed by atoms with E-state index >= 15 is 0 Å². The van der Waals surface area contributed by atoms with Crippen LogP contribution >= 0.6 is 0 Å². The molecular formula is C20H33N3O2. The highest BCUT2D eigenvalue weighted by molar-refractivity contribution is 5.10. The third kappa shape index (κ3) is 5.14. The van der Waals surface area contributed by atoms with Gasteiger partial charge in [-0.1, -0.05) is 20.8 Å². The highest BCUT2D eigenvalue weighted by atomic mass is 16.5. The molecule has 140 valence electrons. The number of hydrogen-bond acceptors (Lipinski definition) is 4. The molecular weight excluding hydrogens is 314 g/mol. The molecule has 2 fully saturated rings. The van der Waals surface area contributed by atoms with Gasteiger partial charge >= 0.3 is 0 Å². The van der Waals surface area contributed by atoms with Gasteiger partial charge in [-0.2, -0.15) is 5.10 Å². The maximum atomic E-state index is 12.2. The summed E-state index contributed by atoms with van der Waals surface area (Å²) in [5.74, 6) is 1.26. The molecule has 1 aromatic heterocycles. The van der Waals surface area contributed by atoms with Crippen LogP contribution < -0.4 is 5.56 Å². The van der Waals surface area contributed by atoms with Gasteiger partial charge < -0.3 is 9.64 Å². The lowest BCUT2D eigenvalue weighted by molar-refractivity contribution is 0.0319. The van der Waals surface area contributed by atoms with Gasteiger partial charge in [0, 0.05) is 31.2 Å². The Balaban J connectivity index is 1.53. The van der Waals surface area contributed by atoms with Crippen LogP contribution in [0.1, 0.15) is 52.1 Å². The van der Waals surface area contributed by atoms with Crippen molar-refractivity contribution in [3.8, 4) is 0 Å². The van der Waals surface area contributed by atoms with Crippen molar-refractivity contribution in [3.63, 3.8) is 0 Å². The van der Waals surface area contributed by atoms with E-state index in [1.165, 1.54) is 19.4 Å². The molecule has 2 aliphatic rings. The van der Waals surface area contributed by atoms with Crippen LogP contribution in [0.3, 0.4) is 0 Å². The van der Waals surface area contributed by atoms with Crippen LogP contribution in [0.4, 0.5) is 0 Å². The van der Waals surface area contributed by atoms with Crippen LogP contribution in [0.5, 0.6) is 0 Å². The summed E-state index contributed by atoms with van der Waals surface area (Å²) in [6, 6.07) is 3.54. The second-order valence-electron chi connectivity index (χ2n) is 8.82. The van der Waals surface area contributed by atoms with E-state index in [1.54, 1.807) is 10.7 Å². The summed E-state index contributed by atoms with van der Waals surface area (Å²) in [5, 5.41) is 4.62. The largest absolute Gasteiger partial charge is 0.381 e. The summed E-state index contributed by atoms with van der Waals surface area (Å²) < 4.78 is 7.29. The van der Waals surface area contributed by atoms with E-state index < -0.39 is 0 Å². The molecule has 0 saturated carbocycles. The monoisotopic (exact) mass is 347 g/mol. The van der Waals surface area contributed by atoms with Gasteiger partial charge in [0.1, 0.15) is 0 Å². The molecule has 0 aliphatic carbocycles. The second-order valence-corrected chi connectivity index (χ2v) is 8.82. The van der Waals surface area contributed by atoms with Crippen LogP contribution in [0.25, 0.3) is 0 Å². The van der Waals surface area contributed by atoms with E-state index in [2.05, 4.69) is 30.8 Å². The minimum absolute atomic E-state index is 0.0229. The molecule has 0 spiro atoms. The number of rotatable bonds is 4. The Morgan fingerprint density at radius 3 is 2.52 bits per heavy atom. The normalized spacial score (nSPS) is 23.7. The Morgan fingerprint density at radius 1 is 1.12 bits per heavy atom. The van der Waals surface area contributed by atoms with Gasteiger partial charge in [0.15, 0.2) is 0 Å². The number of likely N-dealkylation sites (tertiary alicyclic amines) is 1. The first-order valence-corrected chi connectivity index (χ1v) is 9.80. The number of ether oxygens (including phenoxy) is 1. The molecule has 3 rings (SSSR count). The molecule has 1 aromatic rings. The van der Waals surface area contributed by atoms with Crippen molar-refractivity contribution in [2.45, 2.75) is 58.4 Å². The Morgan fingerprint density at radius 2 is 1.88 bits per heavy atom. The third-order valence-corrected chi connectivity index (χ3v) is 5.54. The molecule has 2 saturated heterocycles. The molecule has 1 atom stereocenters. The molecule has 5 heteroatoms. The highest BCUT2D eigenvalue weighted by Crippen LogP contribution is 2.23. The number of hydrogen-bond donors (Lipinski definition) is 0. The topological polar surface area (TPSA) is 47.4 Å². The first-order chi connectivity index (χ1) is 11.9. The van der Waals surface area contributed by atoms with Crippen molar-refractivity contribution in [2.75, 3.05) is 32.8 Å². The Kier molecular flexibility index (Phi) is 5.95. The van der Waals surface area contributed by atoms with Gasteiger partial charge in [0.25, 0.3) is 5.56 Å². The summed E-state index contributed by atoms with van der Waals surface area (Å²) >= 11 is 0. The molecule has 0 amide bonds. The van der Waals surface area contributed by atoms with Gasteiger partial charge in [-0.05, 0) is 56.7 Å². The zero-order valence-electron chi connectivity index (χ0n) is 16.0. The van der Waals surface area contributed by atoms with Crippen LogP contribution in [0.2, 0.25) is 0 Å². The lowest BCUT2D eigenvalue weighted by atomic mass is 9.92. The molecule has 0 radical (unpaired) electrons. The van der Waals surface area contributed by atoms with Gasteiger partial charge in [-0.25, -0.2) is 4.68 Å². The number of piperidine rings is 1. The summed E-state index contributed by atoms with van der Waals surface area (Å²) in [6.07, 6.45) is 4.82. The Hall–Kier alpha value is -1.20. The molecule has 0 N–H and O–H groups in total. The minimum atomic E-state index is -0.0269. The fourth-order valence-electron chi connectivity index (χ4n) is 3.89. The Bertz CT molecular complexity index is 606. The van der Waals surface area contributed by atoms with Crippen LogP contribution in [0, 0.1) is 11.8 Å². The maximum Gasteiger partial charge on any atom is 0.266 e. The molecule has 3 heterocycles. The predicted octanol–water partition coefficient (Wildman–Crippen LogP) is 2.68. The van der Waals surface area contributed by atoms with E-state index in [0.29, 0.717) is 11.8 Å². The molecule has 25 heavy (non-hydrogen) atoms. The third-order valence-electron chi connectivity index (χ3n) is 5.54. The van der Waals surface area contributed by atoms with Crippen LogP contribution in [-0.2, 0) is 16.7 Å². The van der Waals surface area contributed by atoms with Crippen LogP contribution in [-0.4, -0.2) is 47.5 Å². The van der Waals surface area contributed by atoms with Crippen LogP contribution in [0.15, 0.2) is 16.9 Å². The summed E-state index contributed by atoms with van der Waals surface area (Å²) in [6.45, 7) is 12.5. The van der Waals surface area contributed by atoms with Gasteiger partial charge in [-0.15, -0.1) is 0 Å². The van der Waals surface area contributed by atoms with E-state index in [0.717, 1.165) is 51.4 Å². The first kappa shape index (κ1) is 18.6. The van der Waals surface area contributed by atoms with Crippen molar-refractivity contribution in [1.82, 2.24) is 14.7 Å². The molecule has 0 bridgehead atoms. The van der Waals surface area contributed by atoms with E-state index in [4.69, 9.17) is 4.74 Å². The Labute approximate surface area is 151 Å². The molecule has 5 nitrogen and oxygen atoms in total. The van der Waals surface area contributed by atoms with Gasteiger partial charge in [0.05, 0.1) is 12.3 Å². The van der Waals surface area contributed by atoms with Gasteiger partial charge in [-0.3, -0.25) is 4.79 Å². The van der Waals surface area contributed by atoms with Crippen molar-refractivity contribution >= 4 is 0 Å². The van der Waals surface area contributed by atoms with E-state index in [9.17, 15) is 4.79 Å². The first-order valence-electron chi connectivity index (χ1n) is 9.80. The van der Waals surface area contributed by atoms with Crippen molar-refractivity contribution < 1.29 is 4.74 Å². The maximum absolute atomic E-state index is 12.2. The zero-order valence-corrected chi connectivity index (χ0v) is 16.0. The average molecular weight is 348 g/mol. The smallest absolute Gasteiger partial charge is 0.266 e. The highest BCUT2D eigenvalue weighted by Gasteiger charge is 2.24. The standard InChI is InChI=1S/C20H33N3O2/c1-20(2,3)18-6-7-19(24)23(21-18)14-16-8-10-22(11-9-16)13-17-5-4-12-25-15-17/h6-7,16-17H,4-5,8-15H2,1-3H3. The summed E-state index contributed by atoms with van der Waals surface area (Å²) in [5.41, 5.74) is 0.984. The van der Waals surface area contributed by atoms with E-state index in [1.807, 2.05) is 6.07 Å². The fraction of sp³-hybridized carbons (Fsp3) is 0.800.